The molecule has 78 valence electrons. The van der Waals surface area contributed by atoms with E-state index < -0.39 is 12.6 Å². The summed E-state index contributed by atoms with van der Waals surface area (Å²) in [5.41, 5.74) is 0.331. The normalized spacial score (nSPS) is 8.13. The molecule has 3 nitrogen and oxygen atoms in total. The molecule has 0 heterocycles. The predicted octanol–water partition coefficient (Wildman–Crippen LogP) is -1.90. The van der Waals surface area contributed by atoms with Gasteiger partial charge in [0.15, 0.2) is 0 Å². The Morgan fingerprint density at radius 2 is 1.87 bits per heavy atom. The molecule has 0 amide bonds. The molecule has 0 saturated carbocycles. The molecule has 0 aliphatic heterocycles. The Morgan fingerprint density at radius 1 is 1.33 bits per heavy atom. The van der Waals surface area contributed by atoms with Crippen LogP contribution in [0.3, 0.4) is 0 Å². The molecule has 0 aliphatic carbocycles. The molecule has 0 atom stereocenters. The van der Waals surface area contributed by atoms with E-state index in [1.54, 1.807) is 30.3 Å². The van der Waals surface area contributed by atoms with Crippen molar-refractivity contribution in [1.82, 2.24) is 0 Å². The van der Waals surface area contributed by atoms with E-state index >= 15 is 0 Å². The van der Waals surface area contributed by atoms with Crippen LogP contribution in [0.1, 0.15) is 16.8 Å². The van der Waals surface area contributed by atoms with Gasteiger partial charge in [0.05, 0.1) is 12.2 Å². The first kappa shape index (κ1) is 16.6. The van der Waals surface area contributed by atoms with Crippen LogP contribution in [0.5, 0.6) is 0 Å². The number of rotatable bonds is 3. The third-order valence-electron chi connectivity index (χ3n) is 1.30. The van der Waals surface area contributed by atoms with Gasteiger partial charge in [0.2, 0.25) is 0 Å². The van der Waals surface area contributed by atoms with Crippen molar-refractivity contribution in [2.45, 2.75) is 6.42 Å². The molecular formula is C10H12FLiO3. The number of halogens is 1. The van der Waals surface area contributed by atoms with Crippen molar-refractivity contribution in [2.75, 3.05) is 13.3 Å². The van der Waals surface area contributed by atoms with Crippen molar-refractivity contribution in [3.05, 3.63) is 35.9 Å². The second-order valence-electron chi connectivity index (χ2n) is 2.42. The van der Waals surface area contributed by atoms with Crippen molar-refractivity contribution < 1.29 is 38.3 Å². The number of benzene rings is 1. The van der Waals surface area contributed by atoms with Crippen LogP contribution in [0.4, 0.5) is 4.39 Å². The van der Waals surface area contributed by atoms with Crippen LogP contribution >= 0.6 is 0 Å². The Bertz CT molecular complexity index is 252. The van der Waals surface area contributed by atoms with Gasteiger partial charge in [-0.25, -0.2) is 4.79 Å². The summed E-state index contributed by atoms with van der Waals surface area (Å²) < 4.78 is 10.8. The van der Waals surface area contributed by atoms with Gasteiger partial charge in [-0.1, -0.05) is 18.2 Å². The van der Waals surface area contributed by atoms with Crippen molar-refractivity contribution in [3.8, 4) is 0 Å². The van der Waals surface area contributed by atoms with Crippen LogP contribution in [0.25, 0.3) is 0 Å². The van der Waals surface area contributed by atoms with Crippen molar-refractivity contribution in [1.29, 1.82) is 0 Å². The summed E-state index contributed by atoms with van der Waals surface area (Å²) in [4.78, 5) is 10.2. The average molecular weight is 206 g/mol. The number of carbonyl (C=O) groups is 1. The molecule has 1 aromatic rings. The first-order chi connectivity index (χ1) is 6.72. The minimum Gasteiger partial charge on any atom is -0.854 e. The molecule has 15 heavy (non-hydrogen) atoms. The molecule has 0 saturated heterocycles. The van der Waals surface area contributed by atoms with E-state index in [-0.39, 0.29) is 31.9 Å². The number of carboxylic acid groups (broad SMARTS) is 1. The largest absolute Gasteiger partial charge is 1.00 e. The maximum Gasteiger partial charge on any atom is 1.00 e. The van der Waals surface area contributed by atoms with E-state index in [4.69, 9.17) is 5.11 Å². The molecule has 0 spiro atoms. The molecule has 0 radical (unpaired) electrons. The Balaban J connectivity index is 0. The van der Waals surface area contributed by atoms with Gasteiger partial charge in [-0.3, -0.25) is 4.39 Å². The molecule has 5 heteroatoms. The number of carboxylic acids is 1. The summed E-state index contributed by atoms with van der Waals surface area (Å²) >= 11 is 0. The summed E-state index contributed by atoms with van der Waals surface area (Å²) in [7, 11) is 0. The van der Waals surface area contributed by atoms with Gasteiger partial charge >= 0.3 is 24.8 Å². The first-order valence-corrected chi connectivity index (χ1v) is 4.14. The summed E-state index contributed by atoms with van der Waals surface area (Å²) in [6.45, 7) is -0.750. The Labute approximate surface area is 100 Å². The van der Waals surface area contributed by atoms with Crippen LogP contribution in [-0.2, 0) is 0 Å². The van der Waals surface area contributed by atoms with Gasteiger partial charge in [0, 0.05) is 0 Å². The van der Waals surface area contributed by atoms with Gasteiger partial charge in [-0.15, -0.1) is 6.61 Å². The van der Waals surface area contributed by atoms with Crippen LogP contribution < -0.4 is 24.0 Å². The molecule has 0 aliphatic rings. The number of hydrogen-bond donors (Lipinski definition) is 1. The van der Waals surface area contributed by atoms with Crippen LogP contribution in [-0.4, -0.2) is 24.4 Å². The maximum atomic E-state index is 10.8. The molecule has 0 unspecified atom stereocenters. The second-order valence-corrected chi connectivity index (χ2v) is 2.42. The molecule has 0 aromatic heterocycles. The maximum absolute atomic E-state index is 10.8. The Hall–Kier alpha value is -0.823. The molecule has 0 bridgehead atoms. The van der Waals surface area contributed by atoms with Gasteiger partial charge in [-0.05, 0) is 18.6 Å². The topological polar surface area (TPSA) is 60.4 Å². The van der Waals surface area contributed by atoms with Crippen molar-refractivity contribution in [2.24, 2.45) is 0 Å². The zero-order valence-electron chi connectivity index (χ0n) is 8.65. The van der Waals surface area contributed by atoms with Gasteiger partial charge in [0.1, 0.15) is 0 Å². The fourth-order valence-electron chi connectivity index (χ4n) is 0.635. The van der Waals surface area contributed by atoms with E-state index in [0.717, 1.165) is 0 Å². The third-order valence-corrected chi connectivity index (χ3v) is 1.30. The predicted molar refractivity (Wildman–Crippen MR) is 48.9 cm³/mol. The fraction of sp³-hybridized carbons (Fsp3) is 0.300. The standard InChI is InChI=1S/C7H6O2.C3H6FO.Li/c8-7(9)6-4-2-1-3-5-6;4-2-1-3-5;/h1-5H,(H,8,9);1-3H2;/q;-1;+1. The fourth-order valence-corrected chi connectivity index (χ4v) is 0.635. The number of alkyl halides is 1. The van der Waals surface area contributed by atoms with Crippen LogP contribution in [0.15, 0.2) is 30.3 Å². The number of hydrogen-bond acceptors (Lipinski definition) is 2. The monoisotopic (exact) mass is 206 g/mol. The second kappa shape index (κ2) is 11.3. The van der Waals surface area contributed by atoms with E-state index in [1.807, 2.05) is 0 Å². The molecule has 1 aromatic carbocycles. The quantitative estimate of drug-likeness (QED) is 0.587. The Kier molecular flexibility index (Phi) is 12.5. The molecule has 1 N–H and O–H groups in total. The van der Waals surface area contributed by atoms with E-state index in [1.165, 1.54) is 0 Å². The smallest absolute Gasteiger partial charge is 0.854 e. The zero-order chi connectivity index (χ0) is 10.8. The molecular weight excluding hydrogens is 194 g/mol. The van der Waals surface area contributed by atoms with Crippen molar-refractivity contribution in [3.63, 3.8) is 0 Å². The van der Waals surface area contributed by atoms with E-state index in [0.29, 0.717) is 5.56 Å². The zero-order valence-corrected chi connectivity index (χ0v) is 8.65. The minimum atomic E-state index is -0.879. The first-order valence-electron chi connectivity index (χ1n) is 4.14. The number of aromatic carboxylic acids is 1. The van der Waals surface area contributed by atoms with Gasteiger partial charge < -0.3 is 10.2 Å². The Morgan fingerprint density at radius 3 is 2.07 bits per heavy atom. The average Bonchev–Trinajstić information content (AvgIpc) is 2.21. The van der Waals surface area contributed by atoms with E-state index in [9.17, 15) is 14.3 Å². The molecule has 0 fully saturated rings. The summed E-state index contributed by atoms with van der Waals surface area (Å²) in [5.74, 6) is -0.879. The molecule has 1 rings (SSSR count). The minimum absolute atomic E-state index is 0. The third kappa shape index (κ3) is 9.48. The van der Waals surface area contributed by atoms with Crippen LogP contribution in [0.2, 0.25) is 0 Å². The SMILES string of the molecule is O=C(O)c1ccccc1.[Li+].[O-]CCCF. The van der Waals surface area contributed by atoms with Gasteiger partial charge in [-0.2, -0.15) is 0 Å². The summed E-state index contributed by atoms with van der Waals surface area (Å²) in [5, 5.41) is 17.7. The van der Waals surface area contributed by atoms with Gasteiger partial charge in [0.25, 0.3) is 0 Å². The summed E-state index contributed by atoms with van der Waals surface area (Å²) in [6.07, 6.45) is 0.167. The van der Waals surface area contributed by atoms with Crippen molar-refractivity contribution >= 4 is 5.97 Å². The van der Waals surface area contributed by atoms with Crippen LogP contribution in [0, 0.1) is 0 Å². The summed E-state index contributed by atoms with van der Waals surface area (Å²) in [6, 6.07) is 8.30. The van der Waals surface area contributed by atoms with E-state index in [2.05, 4.69) is 0 Å².